The maximum absolute atomic E-state index is 13.7. The summed E-state index contributed by atoms with van der Waals surface area (Å²) in [7, 11) is 1.55. The zero-order valence-electron chi connectivity index (χ0n) is 11.8. The van der Waals surface area contributed by atoms with Gasteiger partial charge in [-0.1, -0.05) is 11.6 Å². The van der Waals surface area contributed by atoms with Gasteiger partial charge in [-0.15, -0.1) is 0 Å². The fraction of sp³-hybridized carbons (Fsp3) is 0.462. The van der Waals surface area contributed by atoms with E-state index in [0.717, 1.165) is 6.07 Å². The van der Waals surface area contributed by atoms with Crippen LogP contribution < -0.4 is 10.1 Å². The lowest BCUT2D eigenvalue weighted by atomic mass is 10.3. The Bertz CT molecular complexity index is 472. The minimum absolute atomic E-state index is 0.0669. The largest absolute Gasteiger partial charge is 0.466 e. The van der Waals surface area contributed by atoms with Crippen LogP contribution in [0.2, 0.25) is 5.02 Å². The van der Waals surface area contributed by atoms with Crippen LogP contribution in [0.5, 0.6) is 5.75 Å². The number of hydrogen-bond acceptors (Lipinski definition) is 5. The molecule has 1 rings (SSSR count). The molecular weight excluding hydrogens is 305 g/mol. The molecule has 0 radical (unpaired) electrons. The van der Waals surface area contributed by atoms with Crippen molar-refractivity contribution in [3.8, 4) is 5.75 Å². The number of rotatable bonds is 8. The first-order valence-electron chi connectivity index (χ1n) is 6.20. The summed E-state index contributed by atoms with van der Waals surface area (Å²) in [5.41, 5.74) is -0.0928. The molecule has 0 fully saturated rings. The van der Waals surface area contributed by atoms with Crippen LogP contribution in [0.15, 0.2) is 12.1 Å². The Morgan fingerprint density at radius 1 is 1.38 bits per heavy atom. The average Bonchev–Trinajstić information content (AvgIpc) is 2.43. The molecule has 1 aromatic carbocycles. The van der Waals surface area contributed by atoms with E-state index in [4.69, 9.17) is 25.8 Å². The minimum atomic E-state index is -0.763. The number of benzene rings is 1. The van der Waals surface area contributed by atoms with Crippen molar-refractivity contribution in [2.24, 2.45) is 0 Å². The monoisotopic (exact) mass is 321 g/mol. The van der Waals surface area contributed by atoms with Crippen LogP contribution >= 0.6 is 11.6 Å². The van der Waals surface area contributed by atoms with E-state index in [1.165, 1.54) is 6.07 Å². The molecule has 0 aliphatic heterocycles. The van der Waals surface area contributed by atoms with Gasteiger partial charge in [0.05, 0.1) is 30.5 Å². The quantitative estimate of drug-likeness (QED) is 0.589. The van der Waals surface area contributed by atoms with E-state index in [-0.39, 0.29) is 29.9 Å². The smallest absolute Gasteiger partial charge is 0.411 e. The van der Waals surface area contributed by atoms with Gasteiger partial charge in [0, 0.05) is 13.2 Å². The topological polar surface area (TPSA) is 66.0 Å². The molecule has 8 heteroatoms. The van der Waals surface area contributed by atoms with E-state index >= 15 is 0 Å². The van der Waals surface area contributed by atoms with Gasteiger partial charge < -0.3 is 18.9 Å². The predicted octanol–water partition coefficient (Wildman–Crippen LogP) is 3.05. The molecule has 1 N–H and O–H groups in total. The van der Waals surface area contributed by atoms with Crippen molar-refractivity contribution in [1.29, 1.82) is 0 Å². The van der Waals surface area contributed by atoms with Crippen LogP contribution in [0.3, 0.4) is 0 Å². The Morgan fingerprint density at radius 3 is 2.81 bits per heavy atom. The second-order valence-electron chi connectivity index (χ2n) is 3.77. The summed E-state index contributed by atoms with van der Waals surface area (Å²) >= 11 is 5.85. The number of amides is 1. The molecule has 21 heavy (non-hydrogen) atoms. The third kappa shape index (κ3) is 6.16. The maximum atomic E-state index is 13.7. The van der Waals surface area contributed by atoms with Crippen molar-refractivity contribution in [1.82, 2.24) is 0 Å². The number of anilines is 1. The molecular formula is C13H17ClFNO5. The van der Waals surface area contributed by atoms with Gasteiger partial charge >= 0.3 is 6.09 Å². The highest BCUT2D eigenvalue weighted by molar-refractivity contribution is 6.32. The van der Waals surface area contributed by atoms with Crippen LogP contribution in [0.4, 0.5) is 14.9 Å². The summed E-state index contributed by atoms with van der Waals surface area (Å²) in [6.07, 6.45) is -0.763. The van der Waals surface area contributed by atoms with E-state index in [2.05, 4.69) is 10.1 Å². The van der Waals surface area contributed by atoms with Gasteiger partial charge in [-0.25, -0.2) is 9.18 Å². The second kappa shape index (κ2) is 9.38. The lowest BCUT2D eigenvalue weighted by molar-refractivity contribution is -0.00842. The number of ether oxygens (including phenoxy) is 4. The van der Waals surface area contributed by atoms with E-state index < -0.39 is 11.9 Å². The zero-order chi connectivity index (χ0) is 15.7. The number of halogens is 2. The van der Waals surface area contributed by atoms with Crippen molar-refractivity contribution >= 4 is 23.4 Å². The van der Waals surface area contributed by atoms with E-state index in [9.17, 15) is 9.18 Å². The molecule has 0 atom stereocenters. The summed E-state index contributed by atoms with van der Waals surface area (Å²) in [4.78, 5) is 11.3. The summed E-state index contributed by atoms with van der Waals surface area (Å²) in [6.45, 7) is 2.52. The van der Waals surface area contributed by atoms with Crippen molar-refractivity contribution in [2.45, 2.75) is 6.92 Å². The molecule has 0 aromatic heterocycles. The van der Waals surface area contributed by atoms with Crippen molar-refractivity contribution in [2.75, 3.05) is 39.0 Å². The molecule has 6 nitrogen and oxygen atoms in total. The molecule has 0 saturated carbocycles. The van der Waals surface area contributed by atoms with Gasteiger partial charge in [0.2, 0.25) is 0 Å². The Balaban J connectivity index is 2.65. The summed E-state index contributed by atoms with van der Waals surface area (Å²) in [5, 5.41) is 2.32. The number of methoxy groups -OCH3 is 1. The predicted molar refractivity (Wildman–Crippen MR) is 75.4 cm³/mol. The number of nitrogens with one attached hydrogen (secondary N) is 1. The first kappa shape index (κ1) is 17.5. The van der Waals surface area contributed by atoms with Crippen LogP contribution in [-0.2, 0) is 14.2 Å². The molecule has 0 aliphatic rings. The SMILES string of the molecule is CCOC(=O)Nc1cc(OCOCCOC)c(Cl)cc1F. The standard InChI is InChI=1S/C13H17ClFNO5/c1-3-20-13(17)16-11-7-12(9(14)6-10(11)15)21-8-19-5-4-18-2/h6-7H,3-5,8H2,1-2H3,(H,16,17). The lowest BCUT2D eigenvalue weighted by Gasteiger charge is -2.12. The maximum Gasteiger partial charge on any atom is 0.411 e. The van der Waals surface area contributed by atoms with Gasteiger partial charge in [0.25, 0.3) is 0 Å². The Kier molecular flexibility index (Phi) is 7.81. The van der Waals surface area contributed by atoms with Gasteiger partial charge in [0.15, 0.2) is 6.79 Å². The van der Waals surface area contributed by atoms with Crippen molar-refractivity contribution in [3.05, 3.63) is 23.0 Å². The van der Waals surface area contributed by atoms with Gasteiger partial charge in [-0.05, 0) is 13.0 Å². The number of hydrogen-bond donors (Lipinski definition) is 1. The highest BCUT2D eigenvalue weighted by Gasteiger charge is 2.12. The van der Waals surface area contributed by atoms with Gasteiger partial charge in [-0.2, -0.15) is 0 Å². The molecule has 0 aliphatic carbocycles. The number of carbonyl (C=O) groups is 1. The third-order valence-electron chi connectivity index (χ3n) is 2.26. The Labute approximate surface area is 127 Å². The molecule has 0 saturated heterocycles. The minimum Gasteiger partial charge on any atom is -0.466 e. The molecule has 1 aromatic rings. The summed E-state index contributed by atoms with van der Waals surface area (Å²) < 4.78 is 33.5. The molecule has 1 amide bonds. The Morgan fingerprint density at radius 2 is 2.14 bits per heavy atom. The zero-order valence-corrected chi connectivity index (χ0v) is 12.5. The highest BCUT2D eigenvalue weighted by atomic mass is 35.5. The number of carbonyl (C=O) groups excluding carboxylic acids is 1. The first-order chi connectivity index (χ1) is 10.1. The third-order valence-corrected chi connectivity index (χ3v) is 2.56. The highest BCUT2D eigenvalue weighted by Crippen LogP contribution is 2.30. The normalized spacial score (nSPS) is 10.3. The van der Waals surface area contributed by atoms with Gasteiger partial charge in [0.1, 0.15) is 11.6 Å². The van der Waals surface area contributed by atoms with Gasteiger partial charge in [-0.3, -0.25) is 5.32 Å². The molecule has 0 unspecified atom stereocenters. The Hall–Kier alpha value is -1.57. The fourth-order valence-corrected chi connectivity index (χ4v) is 1.52. The van der Waals surface area contributed by atoms with E-state index in [1.54, 1.807) is 14.0 Å². The molecule has 118 valence electrons. The van der Waals surface area contributed by atoms with E-state index in [0.29, 0.717) is 13.2 Å². The first-order valence-corrected chi connectivity index (χ1v) is 6.58. The fourth-order valence-electron chi connectivity index (χ4n) is 1.32. The van der Waals surface area contributed by atoms with E-state index in [1.807, 2.05) is 0 Å². The molecule has 0 spiro atoms. The molecule has 0 heterocycles. The van der Waals surface area contributed by atoms with Crippen LogP contribution in [0, 0.1) is 5.82 Å². The lowest BCUT2D eigenvalue weighted by Crippen LogP contribution is -2.14. The second-order valence-corrected chi connectivity index (χ2v) is 4.18. The van der Waals surface area contributed by atoms with Crippen molar-refractivity contribution in [3.63, 3.8) is 0 Å². The van der Waals surface area contributed by atoms with Crippen molar-refractivity contribution < 1.29 is 28.1 Å². The average molecular weight is 322 g/mol. The molecule has 0 bridgehead atoms. The van der Waals surface area contributed by atoms with Crippen LogP contribution in [-0.4, -0.2) is 39.8 Å². The van der Waals surface area contributed by atoms with Crippen LogP contribution in [0.1, 0.15) is 6.92 Å². The van der Waals surface area contributed by atoms with Crippen LogP contribution in [0.25, 0.3) is 0 Å². The summed E-state index contributed by atoms with van der Waals surface area (Å²) in [5.74, 6) is -0.511. The summed E-state index contributed by atoms with van der Waals surface area (Å²) in [6, 6.07) is 2.29.